The fourth-order valence-corrected chi connectivity index (χ4v) is 5.34. The lowest BCUT2D eigenvalue weighted by molar-refractivity contribution is 0.0660. The summed E-state index contributed by atoms with van der Waals surface area (Å²) in [4.78, 5) is 24.7. The first-order valence-electron chi connectivity index (χ1n) is 8.25. The van der Waals surface area contributed by atoms with Crippen molar-refractivity contribution in [2.24, 2.45) is 5.10 Å². The highest BCUT2D eigenvalue weighted by molar-refractivity contribution is 7.91. The molecule has 1 aromatic carbocycles. The predicted molar refractivity (Wildman–Crippen MR) is 98.8 cm³/mol. The van der Waals surface area contributed by atoms with Gasteiger partial charge in [0.2, 0.25) is 0 Å². The van der Waals surface area contributed by atoms with E-state index in [4.69, 9.17) is 11.6 Å². The Hall–Kier alpha value is -2.52. The minimum atomic E-state index is -3.09. The van der Waals surface area contributed by atoms with Gasteiger partial charge in [0.25, 0.3) is 11.8 Å². The molecule has 2 aliphatic rings. The summed E-state index contributed by atoms with van der Waals surface area (Å²) in [6.45, 7) is 1.70. The summed E-state index contributed by atoms with van der Waals surface area (Å²) in [6, 6.07) is 6.17. The van der Waals surface area contributed by atoms with Crippen LogP contribution in [-0.4, -0.2) is 52.7 Å². The van der Waals surface area contributed by atoms with Gasteiger partial charge in [0.1, 0.15) is 5.15 Å². The first-order valence-corrected chi connectivity index (χ1v) is 10.5. The van der Waals surface area contributed by atoms with Crippen LogP contribution in [0.2, 0.25) is 5.15 Å². The number of aryl methyl sites for hydroxylation is 1. The van der Waals surface area contributed by atoms with Crippen molar-refractivity contribution in [3.05, 3.63) is 51.8 Å². The van der Waals surface area contributed by atoms with Crippen LogP contribution in [0.5, 0.6) is 0 Å². The van der Waals surface area contributed by atoms with Gasteiger partial charge in [-0.3, -0.25) is 9.59 Å². The largest absolute Gasteiger partial charge is 0.282 e. The molecule has 4 rings (SSSR count). The predicted octanol–water partition coefficient (Wildman–Crippen LogP) is 1.83. The maximum atomic E-state index is 12.4. The smallest absolute Gasteiger partial charge is 0.267 e. The quantitative estimate of drug-likeness (QED) is 0.571. The van der Waals surface area contributed by atoms with Gasteiger partial charge in [0, 0.05) is 0 Å². The van der Waals surface area contributed by atoms with Crippen LogP contribution in [0.25, 0.3) is 0 Å². The summed E-state index contributed by atoms with van der Waals surface area (Å²) < 4.78 is 24.9. The first kappa shape index (κ1) is 17.9. The maximum Gasteiger partial charge on any atom is 0.282 e. The molecule has 3 heterocycles. The molecule has 1 aromatic heterocycles. The van der Waals surface area contributed by atoms with Crippen molar-refractivity contribution in [3.8, 4) is 0 Å². The molecule has 0 unspecified atom stereocenters. The molecule has 2 aromatic rings. The van der Waals surface area contributed by atoms with Gasteiger partial charge in [0.05, 0.1) is 46.1 Å². The van der Waals surface area contributed by atoms with E-state index >= 15 is 0 Å². The van der Waals surface area contributed by atoms with Crippen LogP contribution in [0.3, 0.4) is 0 Å². The number of hydrazone groups is 1. The number of rotatable bonds is 3. The third-order valence-electron chi connectivity index (χ3n) is 4.70. The van der Waals surface area contributed by atoms with Gasteiger partial charge in [0.15, 0.2) is 9.84 Å². The van der Waals surface area contributed by atoms with Crippen molar-refractivity contribution in [3.63, 3.8) is 0 Å². The Morgan fingerprint density at radius 3 is 2.41 bits per heavy atom. The van der Waals surface area contributed by atoms with Crippen molar-refractivity contribution in [1.82, 2.24) is 14.8 Å². The highest BCUT2D eigenvalue weighted by atomic mass is 35.5. The molecule has 0 radical (unpaired) electrons. The van der Waals surface area contributed by atoms with E-state index in [-0.39, 0.29) is 22.7 Å². The number of carbonyl (C=O) groups excluding carboxylic acids is 2. The SMILES string of the molecule is Cc1nn([C@@H]2CCS(=O)(=O)C2)c(Cl)c1C=NN1C(=O)c2ccccc2C1=O. The average Bonchev–Trinajstić information content (AvgIpc) is 3.21. The number of sulfone groups is 1. The molecule has 0 saturated carbocycles. The standard InChI is InChI=1S/C17H15ClN4O4S/c1-10-14(15(18)21(20-10)11-6-7-27(25,26)9-11)8-19-22-16(23)12-4-2-3-5-13(12)17(22)24/h2-5,8,11H,6-7,9H2,1H3/t11-/m1/s1. The lowest BCUT2D eigenvalue weighted by Gasteiger charge is -2.09. The zero-order chi connectivity index (χ0) is 19.3. The molecular formula is C17H15ClN4O4S. The molecule has 0 aliphatic carbocycles. The van der Waals surface area contributed by atoms with Crippen molar-refractivity contribution < 1.29 is 18.0 Å². The van der Waals surface area contributed by atoms with E-state index in [0.29, 0.717) is 28.8 Å². The number of carbonyl (C=O) groups is 2. The number of fused-ring (bicyclic) bond motifs is 1. The minimum Gasteiger partial charge on any atom is -0.267 e. The summed E-state index contributed by atoms with van der Waals surface area (Å²) in [5.41, 5.74) is 1.57. The van der Waals surface area contributed by atoms with E-state index in [1.54, 1.807) is 31.2 Å². The monoisotopic (exact) mass is 406 g/mol. The van der Waals surface area contributed by atoms with Gasteiger partial charge in [-0.2, -0.15) is 15.2 Å². The van der Waals surface area contributed by atoms with Crippen molar-refractivity contribution in [1.29, 1.82) is 0 Å². The van der Waals surface area contributed by atoms with Crippen LogP contribution in [0.1, 0.15) is 44.4 Å². The van der Waals surface area contributed by atoms with Gasteiger partial charge in [-0.25, -0.2) is 13.1 Å². The van der Waals surface area contributed by atoms with Gasteiger partial charge in [-0.1, -0.05) is 23.7 Å². The zero-order valence-corrected chi connectivity index (χ0v) is 15.9. The van der Waals surface area contributed by atoms with Crippen molar-refractivity contribution >= 4 is 39.5 Å². The summed E-state index contributed by atoms with van der Waals surface area (Å²) in [5.74, 6) is -0.918. The topological polar surface area (TPSA) is 102 Å². The third kappa shape index (κ3) is 2.96. The summed E-state index contributed by atoms with van der Waals surface area (Å²) >= 11 is 6.38. The Bertz CT molecular complexity index is 1070. The zero-order valence-electron chi connectivity index (χ0n) is 14.3. The molecule has 0 N–H and O–H groups in total. The third-order valence-corrected chi connectivity index (χ3v) is 6.83. The van der Waals surface area contributed by atoms with Crippen LogP contribution in [0.15, 0.2) is 29.4 Å². The second-order valence-corrected chi connectivity index (χ2v) is 9.09. The number of aromatic nitrogens is 2. The second-order valence-electron chi connectivity index (χ2n) is 6.50. The molecule has 140 valence electrons. The second kappa shape index (κ2) is 6.28. The maximum absolute atomic E-state index is 12.4. The van der Waals surface area contributed by atoms with Gasteiger partial charge in [-0.15, -0.1) is 0 Å². The van der Waals surface area contributed by atoms with E-state index in [1.165, 1.54) is 10.9 Å². The molecule has 0 spiro atoms. The molecule has 0 bridgehead atoms. The molecule has 10 heteroatoms. The average molecular weight is 407 g/mol. The highest BCUT2D eigenvalue weighted by Crippen LogP contribution is 2.29. The number of amides is 2. The first-order chi connectivity index (χ1) is 12.8. The Labute approximate surface area is 160 Å². The lowest BCUT2D eigenvalue weighted by atomic mass is 10.1. The molecule has 2 amide bonds. The molecule has 1 saturated heterocycles. The number of imide groups is 1. The van der Waals surface area contributed by atoms with Gasteiger partial charge in [-0.05, 0) is 25.5 Å². The van der Waals surface area contributed by atoms with Crippen LogP contribution in [-0.2, 0) is 9.84 Å². The van der Waals surface area contributed by atoms with Crippen molar-refractivity contribution in [2.75, 3.05) is 11.5 Å². The number of halogens is 1. The Kier molecular flexibility index (Phi) is 4.15. The molecule has 2 aliphatic heterocycles. The van der Waals surface area contributed by atoms with Gasteiger partial charge < -0.3 is 0 Å². The minimum absolute atomic E-state index is 0.0111. The van der Waals surface area contributed by atoms with E-state index in [2.05, 4.69) is 10.2 Å². The molecule has 8 nitrogen and oxygen atoms in total. The molecule has 27 heavy (non-hydrogen) atoms. The fourth-order valence-electron chi connectivity index (χ4n) is 3.29. The normalized spacial score (nSPS) is 21.4. The number of nitrogens with zero attached hydrogens (tertiary/aromatic N) is 4. The van der Waals surface area contributed by atoms with Crippen LogP contribution < -0.4 is 0 Å². The summed E-state index contributed by atoms with van der Waals surface area (Å²) in [7, 11) is -3.09. The molecular weight excluding hydrogens is 392 g/mol. The highest BCUT2D eigenvalue weighted by Gasteiger charge is 2.35. The molecule has 1 atom stereocenters. The van der Waals surface area contributed by atoms with Gasteiger partial charge >= 0.3 is 0 Å². The van der Waals surface area contributed by atoms with E-state index in [1.807, 2.05) is 0 Å². The van der Waals surface area contributed by atoms with Crippen LogP contribution in [0, 0.1) is 6.92 Å². The summed E-state index contributed by atoms with van der Waals surface area (Å²) in [5, 5.41) is 9.36. The number of hydrogen-bond acceptors (Lipinski definition) is 6. The Morgan fingerprint density at radius 2 is 1.85 bits per heavy atom. The van der Waals surface area contributed by atoms with E-state index in [0.717, 1.165) is 5.01 Å². The summed E-state index contributed by atoms with van der Waals surface area (Å²) in [6.07, 6.45) is 1.75. The Balaban J connectivity index is 1.63. The van der Waals surface area contributed by atoms with Crippen LogP contribution in [0.4, 0.5) is 0 Å². The van der Waals surface area contributed by atoms with E-state index < -0.39 is 21.7 Å². The fraction of sp³-hybridized carbons (Fsp3) is 0.294. The molecule has 1 fully saturated rings. The Morgan fingerprint density at radius 1 is 1.22 bits per heavy atom. The lowest BCUT2D eigenvalue weighted by Crippen LogP contribution is -2.24. The van der Waals surface area contributed by atoms with Crippen molar-refractivity contribution in [2.45, 2.75) is 19.4 Å². The number of benzene rings is 1. The van der Waals surface area contributed by atoms with Crippen LogP contribution >= 0.6 is 11.6 Å². The van der Waals surface area contributed by atoms with E-state index in [9.17, 15) is 18.0 Å². The number of hydrogen-bond donors (Lipinski definition) is 0.